The van der Waals surface area contributed by atoms with E-state index in [4.69, 9.17) is 20.5 Å². The summed E-state index contributed by atoms with van der Waals surface area (Å²) in [5, 5.41) is 8.96. The maximum atomic E-state index is 13.0. The number of sulfonamides is 1. The second-order valence-corrected chi connectivity index (χ2v) is 8.79. The highest BCUT2D eigenvalue weighted by Crippen LogP contribution is 2.26. The Morgan fingerprint density at radius 2 is 1.83 bits per heavy atom. The molecule has 0 aliphatic carbocycles. The molecule has 1 aromatic carbocycles. The zero-order chi connectivity index (χ0) is 22.3. The van der Waals surface area contributed by atoms with E-state index in [-0.39, 0.29) is 27.5 Å². The second kappa shape index (κ2) is 10.2. The van der Waals surface area contributed by atoms with Crippen molar-refractivity contribution in [3.8, 4) is 11.8 Å². The molecular formula is C20H25N3O6S. The van der Waals surface area contributed by atoms with Crippen LogP contribution in [0.1, 0.15) is 43.0 Å². The molecule has 0 amide bonds. The van der Waals surface area contributed by atoms with E-state index in [0.29, 0.717) is 13.1 Å². The van der Waals surface area contributed by atoms with Crippen LogP contribution in [-0.4, -0.2) is 51.3 Å². The molecule has 1 heterocycles. The average Bonchev–Trinajstić information content (AvgIpc) is 3.01. The van der Waals surface area contributed by atoms with Crippen LogP contribution in [0.4, 0.5) is 0 Å². The number of ether oxygens (including phenoxy) is 2. The minimum Gasteiger partial charge on any atom is -0.496 e. The Hall–Kier alpha value is -2.90. The third-order valence-electron chi connectivity index (χ3n) is 4.71. The molecule has 162 valence electrons. The maximum Gasteiger partial charge on any atom is 0.342 e. The molecule has 0 bridgehead atoms. The van der Waals surface area contributed by atoms with E-state index in [1.54, 1.807) is 6.07 Å². The lowest BCUT2D eigenvalue weighted by Crippen LogP contribution is -2.32. The van der Waals surface area contributed by atoms with Crippen LogP contribution in [0.2, 0.25) is 0 Å². The van der Waals surface area contributed by atoms with Crippen molar-refractivity contribution in [1.29, 1.82) is 5.26 Å². The van der Waals surface area contributed by atoms with Crippen LogP contribution in [0.25, 0.3) is 0 Å². The number of hydrogen-bond donors (Lipinski definition) is 1. The van der Waals surface area contributed by atoms with E-state index in [2.05, 4.69) is 0 Å². The highest BCUT2D eigenvalue weighted by molar-refractivity contribution is 7.89. The predicted molar refractivity (Wildman–Crippen MR) is 108 cm³/mol. The lowest BCUT2D eigenvalue weighted by atomic mass is 10.1. The molecule has 1 saturated heterocycles. The first kappa shape index (κ1) is 23.4. The molecule has 1 aliphatic rings. The van der Waals surface area contributed by atoms with Crippen molar-refractivity contribution in [2.45, 2.75) is 37.5 Å². The van der Waals surface area contributed by atoms with Crippen LogP contribution < -0.4 is 10.5 Å². The summed E-state index contributed by atoms with van der Waals surface area (Å²) >= 11 is 0. The lowest BCUT2D eigenvalue weighted by Gasteiger charge is -2.20. The molecular weight excluding hydrogens is 410 g/mol. The van der Waals surface area contributed by atoms with Gasteiger partial charge >= 0.3 is 5.97 Å². The Bertz CT molecular complexity index is 982. The smallest absolute Gasteiger partial charge is 0.342 e. The fourth-order valence-electron chi connectivity index (χ4n) is 3.09. The fourth-order valence-corrected chi connectivity index (χ4v) is 4.63. The van der Waals surface area contributed by atoms with Crippen molar-refractivity contribution in [1.82, 2.24) is 4.31 Å². The summed E-state index contributed by atoms with van der Waals surface area (Å²) in [6.45, 7) is 1.52. The van der Waals surface area contributed by atoms with Crippen molar-refractivity contribution in [3.05, 3.63) is 35.0 Å². The van der Waals surface area contributed by atoms with Gasteiger partial charge in [-0.25, -0.2) is 13.2 Å². The van der Waals surface area contributed by atoms with Gasteiger partial charge in [0.15, 0.2) is 6.61 Å². The molecule has 0 unspecified atom stereocenters. The minimum absolute atomic E-state index is 0.0154. The number of ketones is 1. The Balaban J connectivity index is 2.27. The van der Waals surface area contributed by atoms with Crippen molar-refractivity contribution in [2.24, 2.45) is 5.73 Å². The first-order chi connectivity index (χ1) is 14.2. The van der Waals surface area contributed by atoms with E-state index < -0.39 is 28.4 Å². The van der Waals surface area contributed by atoms with E-state index in [1.807, 2.05) is 0 Å². The van der Waals surface area contributed by atoms with Crippen molar-refractivity contribution < 1.29 is 27.5 Å². The number of carbonyl (C=O) groups is 2. The van der Waals surface area contributed by atoms with Gasteiger partial charge in [-0.3, -0.25) is 4.79 Å². The van der Waals surface area contributed by atoms with Gasteiger partial charge in [-0.05, 0) is 38.0 Å². The van der Waals surface area contributed by atoms with Gasteiger partial charge in [0.1, 0.15) is 23.0 Å². The van der Waals surface area contributed by atoms with Crippen molar-refractivity contribution in [2.75, 3.05) is 26.8 Å². The van der Waals surface area contributed by atoms with Crippen LogP contribution in [0.15, 0.2) is 34.4 Å². The molecule has 2 rings (SSSR count). The van der Waals surface area contributed by atoms with Gasteiger partial charge in [0.25, 0.3) is 0 Å². The zero-order valence-electron chi connectivity index (χ0n) is 17.0. The maximum absolute atomic E-state index is 13.0. The summed E-state index contributed by atoms with van der Waals surface area (Å²) < 4.78 is 37.5. The lowest BCUT2D eigenvalue weighted by molar-refractivity contribution is -0.118. The van der Waals surface area contributed by atoms with E-state index in [9.17, 15) is 18.0 Å². The fraction of sp³-hybridized carbons (Fsp3) is 0.450. The van der Waals surface area contributed by atoms with E-state index >= 15 is 0 Å². The Morgan fingerprint density at radius 1 is 1.20 bits per heavy atom. The first-order valence-corrected chi connectivity index (χ1v) is 10.9. The van der Waals surface area contributed by atoms with Crippen LogP contribution in [-0.2, 0) is 19.6 Å². The number of rotatable bonds is 7. The molecule has 1 aliphatic heterocycles. The zero-order valence-corrected chi connectivity index (χ0v) is 17.8. The normalized spacial score (nSPS) is 16.0. The Labute approximate surface area is 176 Å². The summed E-state index contributed by atoms with van der Waals surface area (Å²) in [6, 6.07) is 5.58. The van der Waals surface area contributed by atoms with Gasteiger partial charge in [0.2, 0.25) is 15.8 Å². The molecule has 1 fully saturated rings. The third-order valence-corrected chi connectivity index (χ3v) is 6.61. The van der Waals surface area contributed by atoms with Gasteiger partial charge in [0, 0.05) is 18.8 Å². The number of hydrogen-bond acceptors (Lipinski definition) is 8. The summed E-state index contributed by atoms with van der Waals surface area (Å²) in [4.78, 5) is 24.5. The van der Waals surface area contributed by atoms with Gasteiger partial charge in [-0.1, -0.05) is 12.8 Å². The predicted octanol–water partition coefficient (Wildman–Crippen LogP) is 1.74. The molecule has 0 saturated carbocycles. The topological polar surface area (TPSA) is 140 Å². The number of allylic oxidation sites excluding steroid dienone is 1. The second-order valence-electron chi connectivity index (χ2n) is 6.85. The Morgan fingerprint density at radius 3 is 2.37 bits per heavy atom. The van der Waals surface area contributed by atoms with E-state index in [1.165, 1.54) is 36.5 Å². The van der Waals surface area contributed by atoms with Crippen LogP contribution >= 0.6 is 0 Å². The minimum atomic E-state index is -3.79. The molecule has 0 atom stereocenters. The quantitative estimate of drug-likeness (QED) is 0.388. The molecule has 0 spiro atoms. The summed E-state index contributed by atoms with van der Waals surface area (Å²) in [5.74, 6) is -1.59. The van der Waals surface area contributed by atoms with Gasteiger partial charge in [0.05, 0.1) is 12.0 Å². The largest absolute Gasteiger partial charge is 0.496 e. The molecule has 30 heavy (non-hydrogen) atoms. The van der Waals surface area contributed by atoms with Gasteiger partial charge < -0.3 is 15.2 Å². The number of Topliss-reactive ketones (excluding diaryl/α,β-unsaturated/α-hetero) is 1. The number of nitrogens with two attached hydrogens (primary N) is 1. The molecule has 0 aromatic heterocycles. The number of methoxy groups -OCH3 is 1. The molecule has 10 heteroatoms. The van der Waals surface area contributed by atoms with Crippen molar-refractivity contribution in [3.63, 3.8) is 0 Å². The average molecular weight is 436 g/mol. The summed E-state index contributed by atoms with van der Waals surface area (Å²) in [6.07, 6.45) is 3.51. The van der Waals surface area contributed by atoms with Crippen LogP contribution in [0.3, 0.4) is 0 Å². The summed E-state index contributed by atoms with van der Waals surface area (Å²) in [7, 11) is -2.46. The highest BCUT2D eigenvalue weighted by Gasteiger charge is 2.27. The summed E-state index contributed by atoms with van der Waals surface area (Å²) in [5.41, 5.74) is 5.05. The molecule has 0 radical (unpaired) electrons. The monoisotopic (exact) mass is 435 g/mol. The number of esters is 1. The number of nitrogens with zero attached hydrogens (tertiary/aromatic N) is 2. The van der Waals surface area contributed by atoms with Gasteiger partial charge in [-0.2, -0.15) is 9.57 Å². The highest BCUT2D eigenvalue weighted by atomic mass is 32.2. The molecule has 2 N–H and O–H groups in total. The first-order valence-electron chi connectivity index (χ1n) is 9.47. The van der Waals surface area contributed by atoms with Crippen LogP contribution in [0.5, 0.6) is 5.75 Å². The molecule has 9 nitrogen and oxygen atoms in total. The van der Waals surface area contributed by atoms with Gasteiger partial charge in [-0.15, -0.1) is 0 Å². The standard InChI is InChI=1S/C20H25N3O6S/c1-14(22)17(12-21)18(24)13-29-20(25)16-11-15(7-8-19(16)28-2)30(26,27)23-9-5-3-4-6-10-23/h7-8,11H,3-6,9-10,13,22H2,1-2H3/b17-14-. The molecule has 1 aromatic rings. The number of nitriles is 1. The SMILES string of the molecule is COc1ccc(S(=O)(=O)N2CCCCCC2)cc1C(=O)OCC(=O)/C(C#N)=C(/C)N. The number of carbonyl (C=O) groups excluding carboxylic acids is 2. The van der Waals surface area contributed by atoms with Crippen LogP contribution in [0, 0.1) is 11.3 Å². The van der Waals surface area contributed by atoms with E-state index in [0.717, 1.165) is 25.7 Å². The van der Waals surface area contributed by atoms with Crippen molar-refractivity contribution >= 4 is 21.8 Å². The number of benzene rings is 1. The Kier molecular flexibility index (Phi) is 7.97. The third kappa shape index (κ3) is 5.37.